The molecule has 3 aromatic rings. The van der Waals surface area contributed by atoms with E-state index < -0.39 is 22.6 Å². The van der Waals surface area contributed by atoms with Crippen LogP contribution in [-0.2, 0) is 21.1 Å². The van der Waals surface area contributed by atoms with Gasteiger partial charge in [0.05, 0.1) is 22.1 Å². The van der Waals surface area contributed by atoms with Crippen LogP contribution < -0.4 is 4.90 Å². The molecule has 236 valence electrons. The maximum atomic E-state index is 14.8. The Kier molecular flexibility index (Phi) is 8.83. The number of thioether (sulfide) groups is 1. The highest BCUT2D eigenvalue weighted by Crippen LogP contribution is 2.69. The Balaban J connectivity index is 1.39. The van der Waals surface area contributed by atoms with Crippen LogP contribution in [0.4, 0.5) is 5.69 Å². The standard InChI is InChI=1S/C34H40N6O4S/c1-4-17-37(22-40-26-16-10-9-15-25(26)35-36-40)33(44)30-34-23(3)21-27(45-34)28(29(34)32(43)39(30)19-11-12-20-41)31(42)38(18-5-2)24-13-7-6-8-14-24/h4-10,13-16,23,27-30,41H,1-2,11-12,17-22H2,3H3/t23?,27-,28+,29+,30?,34?/m1/s1. The van der Waals surface area contributed by atoms with E-state index in [0.717, 1.165) is 23.1 Å². The molecular formula is C34H40N6O4S. The van der Waals surface area contributed by atoms with Gasteiger partial charge >= 0.3 is 0 Å². The molecule has 0 radical (unpaired) electrons. The molecule has 3 fully saturated rings. The van der Waals surface area contributed by atoms with Crippen molar-refractivity contribution in [2.45, 2.75) is 48.9 Å². The second-order valence-electron chi connectivity index (χ2n) is 12.2. The summed E-state index contributed by atoms with van der Waals surface area (Å²) in [5.74, 6) is -1.61. The molecule has 3 amide bonds. The predicted molar refractivity (Wildman–Crippen MR) is 175 cm³/mol. The number of hydrogen-bond acceptors (Lipinski definition) is 7. The Morgan fingerprint density at radius 3 is 2.53 bits per heavy atom. The quantitative estimate of drug-likeness (QED) is 0.227. The number of carbonyl (C=O) groups excluding carboxylic acids is 3. The molecule has 3 aliphatic heterocycles. The summed E-state index contributed by atoms with van der Waals surface area (Å²) in [5, 5.41) is 18.0. The Labute approximate surface area is 267 Å². The number of aliphatic hydroxyl groups is 1. The van der Waals surface area contributed by atoms with Gasteiger partial charge in [0.15, 0.2) is 0 Å². The minimum atomic E-state index is -0.768. The van der Waals surface area contributed by atoms with Crippen molar-refractivity contribution in [2.75, 3.05) is 31.1 Å². The summed E-state index contributed by atoms with van der Waals surface area (Å²) in [6, 6.07) is 16.3. The Morgan fingerprint density at radius 1 is 1.07 bits per heavy atom. The smallest absolute Gasteiger partial charge is 0.248 e. The number of aliphatic hydroxyl groups excluding tert-OH is 1. The topological polar surface area (TPSA) is 112 Å². The van der Waals surface area contributed by atoms with Gasteiger partial charge in [-0.2, -0.15) is 0 Å². The molecule has 3 saturated heterocycles. The van der Waals surface area contributed by atoms with E-state index >= 15 is 0 Å². The van der Waals surface area contributed by atoms with Crippen molar-refractivity contribution in [3.63, 3.8) is 0 Å². The van der Waals surface area contributed by atoms with Gasteiger partial charge in [0.1, 0.15) is 18.2 Å². The van der Waals surface area contributed by atoms with Crippen molar-refractivity contribution >= 4 is 46.2 Å². The Hall–Kier alpha value is -3.96. The lowest BCUT2D eigenvalue weighted by Crippen LogP contribution is -2.57. The number of carbonyl (C=O) groups is 3. The molecule has 10 nitrogen and oxygen atoms in total. The molecule has 2 bridgehead atoms. The average molecular weight is 629 g/mol. The third-order valence-electron chi connectivity index (χ3n) is 9.60. The highest BCUT2D eigenvalue weighted by atomic mass is 32.2. The minimum Gasteiger partial charge on any atom is -0.396 e. The van der Waals surface area contributed by atoms with Gasteiger partial charge in [0.25, 0.3) is 0 Å². The zero-order chi connectivity index (χ0) is 31.7. The number of likely N-dealkylation sites (tertiary alicyclic amines) is 1. The molecule has 45 heavy (non-hydrogen) atoms. The molecule has 0 aliphatic carbocycles. The number of amides is 3. The number of aromatic nitrogens is 3. The summed E-state index contributed by atoms with van der Waals surface area (Å²) in [6.07, 6.45) is 5.19. The van der Waals surface area contributed by atoms with E-state index in [2.05, 4.69) is 30.4 Å². The maximum absolute atomic E-state index is 14.8. The average Bonchev–Trinajstić information content (AvgIpc) is 3.77. The van der Waals surface area contributed by atoms with Crippen LogP contribution in [-0.4, -0.2) is 89.9 Å². The molecule has 6 atom stereocenters. The van der Waals surface area contributed by atoms with Gasteiger partial charge in [0.2, 0.25) is 17.7 Å². The largest absolute Gasteiger partial charge is 0.396 e. The second kappa shape index (κ2) is 12.8. The monoisotopic (exact) mass is 628 g/mol. The first-order chi connectivity index (χ1) is 21.9. The summed E-state index contributed by atoms with van der Waals surface area (Å²) in [4.78, 5) is 49.0. The number of rotatable bonds is 13. The van der Waals surface area contributed by atoms with E-state index in [0.29, 0.717) is 25.9 Å². The molecule has 1 N–H and O–H groups in total. The number of nitrogens with zero attached hydrogens (tertiary/aromatic N) is 6. The normalized spacial score (nSPS) is 26.7. The van der Waals surface area contributed by atoms with Gasteiger partial charge < -0.3 is 19.8 Å². The Bertz CT molecular complexity index is 1600. The van der Waals surface area contributed by atoms with E-state index in [1.54, 1.807) is 43.3 Å². The van der Waals surface area contributed by atoms with E-state index in [1.165, 1.54) is 0 Å². The molecule has 4 heterocycles. The summed E-state index contributed by atoms with van der Waals surface area (Å²) >= 11 is 1.66. The van der Waals surface area contributed by atoms with Crippen LogP contribution in [0.2, 0.25) is 0 Å². The Morgan fingerprint density at radius 2 is 1.80 bits per heavy atom. The third kappa shape index (κ3) is 5.15. The highest BCUT2D eigenvalue weighted by Gasteiger charge is 2.76. The molecule has 2 aromatic carbocycles. The molecule has 11 heteroatoms. The zero-order valence-corrected chi connectivity index (χ0v) is 26.4. The van der Waals surface area contributed by atoms with Gasteiger partial charge in [-0.25, -0.2) is 4.68 Å². The van der Waals surface area contributed by atoms with Crippen molar-refractivity contribution in [3.8, 4) is 0 Å². The molecular weight excluding hydrogens is 588 g/mol. The number of anilines is 1. The van der Waals surface area contributed by atoms with Crippen LogP contribution in [0.3, 0.4) is 0 Å². The number of hydrogen-bond donors (Lipinski definition) is 1. The molecule has 1 aromatic heterocycles. The minimum absolute atomic E-state index is 0.000889. The molecule has 3 aliphatic rings. The molecule has 3 unspecified atom stereocenters. The lowest BCUT2D eigenvalue weighted by molar-refractivity contribution is -0.143. The first-order valence-electron chi connectivity index (χ1n) is 15.6. The number of fused-ring (bicyclic) bond motifs is 2. The lowest BCUT2D eigenvalue weighted by Gasteiger charge is -2.41. The van der Waals surface area contributed by atoms with E-state index in [9.17, 15) is 19.5 Å². The number of para-hydroxylation sites is 2. The van der Waals surface area contributed by atoms with E-state index in [-0.39, 0.29) is 48.7 Å². The van der Waals surface area contributed by atoms with Crippen molar-refractivity contribution in [1.82, 2.24) is 24.8 Å². The fourth-order valence-corrected chi connectivity index (χ4v) is 10.1. The summed E-state index contributed by atoms with van der Waals surface area (Å²) in [7, 11) is 0. The van der Waals surface area contributed by atoms with Crippen LogP contribution in [0.15, 0.2) is 79.9 Å². The van der Waals surface area contributed by atoms with Crippen LogP contribution in [0.25, 0.3) is 11.0 Å². The third-order valence-corrected chi connectivity index (χ3v) is 11.7. The number of unbranched alkanes of at least 4 members (excludes halogenated alkanes) is 1. The van der Waals surface area contributed by atoms with Gasteiger partial charge in [-0.15, -0.1) is 30.0 Å². The number of benzene rings is 2. The first-order valence-corrected chi connectivity index (χ1v) is 16.5. The van der Waals surface area contributed by atoms with Gasteiger partial charge in [-0.05, 0) is 49.4 Å². The lowest BCUT2D eigenvalue weighted by atomic mass is 9.65. The van der Waals surface area contributed by atoms with Crippen LogP contribution in [0, 0.1) is 17.8 Å². The SMILES string of the molecule is C=CCN(Cn1nnc2ccccc21)C(=O)C1N(CCCCO)C(=O)[C@@H]2[C@@H](C(=O)N(CC=C)c3ccccc3)[C@H]3CC(C)C12S3. The van der Waals surface area contributed by atoms with Crippen LogP contribution in [0.1, 0.15) is 26.2 Å². The molecule has 1 spiro atoms. The highest BCUT2D eigenvalue weighted by molar-refractivity contribution is 8.02. The first kappa shape index (κ1) is 31.0. The van der Waals surface area contributed by atoms with Crippen LogP contribution in [0.5, 0.6) is 0 Å². The fourth-order valence-electron chi connectivity index (χ4n) is 7.68. The summed E-state index contributed by atoms with van der Waals surface area (Å²) in [5.41, 5.74) is 2.29. The molecule has 0 saturated carbocycles. The van der Waals surface area contributed by atoms with Crippen molar-refractivity contribution < 1.29 is 19.5 Å². The summed E-state index contributed by atoms with van der Waals surface area (Å²) in [6.45, 7) is 11.0. The zero-order valence-electron chi connectivity index (χ0n) is 25.6. The van der Waals surface area contributed by atoms with Crippen molar-refractivity contribution in [2.24, 2.45) is 17.8 Å². The van der Waals surface area contributed by atoms with Gasteiger partial charge in [0, 0.05) is 37.2 Å². The van der Waals surface area contributed by atoms with Gasteiger partial charge in [-0.1, -0.05) is 54.6 Å². The van der Waals surface area contributed by atoms with E-state index in [4.69, 9.17) is 0 Å². The summed E-state index contributed by atoms with van der Waals surface area (Å²) < 4.78 is 0.930. The molecule has 6 rings (SSSR count). The predicted octanol–water partition coefficient (Wildman–Crippen LogP) is 3.73. The van der Waals surface area contributed by atoms with Gasteiger partial charge in [-0.3, -0.25) is 14.4 Å². The van der Waals surface area contributed by atoms with Crippen molar-refractivity contribution in [1.29, 1.82) is 0 Å². The van der Waals surface area contributed by atoms with Crippen molar-refractivity contribution in [3.05, 3.63) is 79.9 Å². The second-order valence-corrected chi connectivity index (χ2v) is 13.7. The van der Waals surface area contributed by atoms with Crippen LogP contribution >= 0.6 is 11.8 Å². The van der Waals surface area contributed by atoms with E-state index in [1.807, 2.05) is 54.6 Å². The fraction of sp³-hybridized carbons (Fsp3) is 0.441. The maximum Gasteiger partial charge on any atom is 0.248 e.